The molecule has 0 aliphatic heterocycles. The van der Waals surface area contributed by atoms with Gasteiger partial charge in [0.15, 0.2) is 0 Å². The summed E-state index contributed by atoms with van der Waals surface area (Å²) in [5, 5.41) is 0. The van der Waals surface area contributed by atoms with Gasteiger partial charge in [0.25, 0.3) is 0 Å². The normalized spacial score (nSPS) is 16.0. The molecule has 0 spiro atoms. The minimum Gasteiger partial charge on any atom is -0.495 e. The van der Waals surface area contributed by atoms with Crippen molar-refractivity contribution in [3.8, 4) is 5.75 Å². The maximum absolute atomic E-state index is 13.5. The summed E-state index contributed by atoms with van der Waals surface area (Å²) in [7, 11) is -2.15. The molecule has 25 heavy (non-hydrogen) atoms. The predicted octanol–water partition coefficient (Wildman–Crippen LogP) is 3.99. The van der Waals surface area contributed by atoms with Crippen LogP contribution < -0.4 is 4.74 Å². The van der Waals surface area contributed by atoms with Crippen molar-refractivity contribution >= 4 is 10.0 Å². The van der Waals surface area contributed by atoms with Crippen molar-refractivity contribution in [3.05, 3.63) is 59.7 Å². The zero-order valence-corrected chi connectivity index (χ0v) is 15.8. The van der Waals surface area contributed by atoms with Gasteiger partial charge < -0.3 is 4.74 Å². The fourth-order valence-corrected chi connectivity index (χ4v) is 5.06. The summed E-state index contributed by atoms with van der Waals surface area (Å²) in [6, 6.07) is 15.0. The predicted molar refractivity (Wildman–Crippen MR) is 99.1 cm³/mol. The topological polar surface area (TPSA) is 46.6 Å². The van der Waals surface area contributed by atoms with Crippen molar-refractivity contribution in [2.24, 2.45) is 5.92 Å². The molecule has 134 valence electrons. The number of rotatable bonds is 7. The quantitative estimate of drug-likeness (QED) is 0.751. The van der Waals surface area contributed by atoms with Crippen LogP contribution in [0.2, 0.25) is 0 Å². The van der Waals surface area contributed by atoms with Gasteiger partial charge in [-0.3, -0.25) is 0 Å². The van der Waals surface area contributed by atoms with Gasteiger partial charge in [0.2, 0.25) is 10.0 Å². The molecule has 0 bridgehead atoms. The Morgan fingerprint density at radius 3 is 2.44 bits per heavy atom. The van der Waals surface area contributed by atoms with E-state index >= 15 is 0 Å². The lowest BCUT2D eigenvalue weighted by Gasteiger charge is -2.29. The van der Waals surface area contributed by atoms with Crippen LogP contribution in [-0.2, 0) is 16.6 Å². The Hall–Kier alpha value is -1.85. The Morgan fingerprint density at radius 1 is 1.16 bits per heavy atom. The van der Waals surface area contributed by atoms with Crippen LogP contribution >= 0.6 is 0 Å². The summed E-state index contributed by atoms with van der Waals surface area (Å²) in [6.07, 6.45) is 2.18. The summed E-state index contributed by atoms with van der Waals surface area (Å²) < 4.78 is 33.9. The molecule has 0 N–H and O–H groups in total. The van der Waals surface area contributed by atoms with E-state index in [2.05, 4.69) is 0 Å². The van der Waals surface area contributed by atoms with E-state index in [9.17, 15) is 8.42 Å². The minimum atomic E-state index is -3.66. The van der Waals surface area contributed by atoms with E-state index in [0.29, 0.717) is 18.2 Å². The SMILES string of the molecule is COc1ccc(C)cc1S(=O)(=O)N(Cc1ccccc1)[C@@H](C)C1CC1. The zero-order chi connectivity index (χ0) is 18.0. The van der Waals surface area contributed by atoms with E-state index in [1.54, 1.807) is 16.4 Å². The molecular formula is C20H25NO3S. The summed E-state index contributed by atoms with van der Waals surface area (Å²) >= 11 is 0. The van der Waals surface area contributed by atoms with Crippen LogP contribution in [0.3, 0.4) is 0 Å². The summed E-state index contributed by atoms with van der Waals surface area (Å²) in [4.78, 5) is 0.249. The number of nitrogens with zero attached hydrogens (tertiary/aromatic N) is 1. The fourth-order valence-electron chi connectivity index (χ4n) is 3.14. The zero-order valence-electron chi connectivity index (χ0n) is 15.0. The van der Waals surface area contributed by atoms with Crippen LogP contribution in [0, 0.1) is 12.8 Å². The Bertz CT molecular complexity index is 829. The number of benzene rings is 2. The molecule has 1 fully saturated rings. The number of methoxy groups -OCH3 is 1. The lowest BCUT2D eigenvalue weighted by atomic mass is 10.2. The Kier molecular flexibility index (Phi) is 5.16. The molecule has 0 amide bonds. The van der Waals surface area contributed by atoms with Gasteiger partial charge in [0.05, 0.1) is 7.11 Å². The average molecular weight is 359 g/mol. The molecule has 1 atom stereocenters. The Balaban J connectivity index is 2.03. The van der Waals surface area contributed by atoms with Crippen molar-refractivity contribution in [3.63, 3.8) is 0 Å². The Morgan fingerprint density at radius 2 is 1.84 bits per heavy atom. The maximum Gasteiger partial charge on any atom is 0.247 e. The first-order valence-corrected chi connectivity index (χ1v) is 10.1. The van der Waals surface area contributed by atoms with Crippen molar-refractivity contribution in [2.75, 3.05) is 7.11 Å². The van der Waals surface area contributed by atoms with Gasteiger partial charge in [-0.15, -0.1) is 0 Å². The van der Waals surface area contributed by atoms with E-state index in [0.717, 1.165) is 24.0 Å². The molecule has 1 saturated carbocycles. The Labute approximate surface area is 150 Å². The van der Waals surface area contributed by atoms with Crippen LogP contribution in [0.1, 0.15) is 30.9 Å². The second kappa shape index (κ2) is 7.18. The second-order valence-corrected chi connectivity index (χ2v) is 8.63. The third-order valence-corrected chi connectivity index (χ3v) is 6.80. The van der Waals surface area contributed by atoms with Gasteiger partial charge in [0.1, 0.15) is 10.6 Å². The van der Waals surface area contributed by atoms with E-state index in [1.165, 1.54) is 7.11 Å². The van der Waals surface area contributed by atoms with Gasteiger partial charge in [-0.2, -0.15) is 4.31 Å². The largest absolute Gasteiger partial charge is 0.495 e. The number of hydrogen-bond donors (Lipinski definition) is 0. The van der Waals surface area contributed by atoms with E-state index < -0.39 is 10.0 Å². The molecule has 1 aliphatic rings. The lowest BCUT2D eigenvalue weighted by Crippen LogP contribution is -2.39. The highest BCUT2D eigenvalue weighted by Crippen LogP contribution is 2.39. The molecular weight excluding hydrogens is 334 g/mol. The van der Waals surface area contributed by atoms with Crippen LogP contribution in [0.5, 0.6) is 5.75 Å². The maximum atomic E-state index is 13.5. The van der Waals surface area contributed by atoms with E-state index in [1.807, 2.05) is 50.2 Å². The monoisotopic (exact) mass is 359 g/mol. The molecule has 0 unspecified atom stereocenters. The fraction of sp³-hybridized carbons (Fsp3) is 0.400. The minimum absolute atomic E-state index is 0.0320. The third-order valence-electron chi connectivity index (χ3n) is 4.85. The highest BCUT2D eigenvalue weighted by Gasteiger charge is 2.39. The molecule has 2 aromatic rings. The molecule has 0 aromatic heterocycles. The van der Waals surface area contributed by atoms with Crippen molar-refractivity contribution < 1.29 is 13.2 Å². The van der Waals surface area contributed by atoms with Gasteiger partial charge in [0, 0.05) is 12.6 Å². The summed E-state index contributed by atoms with van der Waals surface area (Å²) in [5.41, 5.74) is 1.89. The van der Waals surface area contributed by atoms with Crippen LogP contribution in [0.15, 0.2) is 53.4 Å². The number of hydrogen-bond acceptors (Lipinski definition) is 3. The van der Waals surface area contributed by atoms with Crippen molar-refractivity contribution in [2.45, 2.75) is 44.2 Å². The number of ether oxygens (including phenoxy) is 1. The molecule has 4 nitrogen and oxygen atoms in total. The van der Waals surface area contributed by atoms with Crippen LogP contribution in [0.4, 0.5) is 0 Å². The molecule has 3 rings (SSSR count). The van der Waals surface area contributed by atoms with E-state index in [4.69, 9.17) is 4.74 Å². The molecule has 0 heterocycles. The molecule has 0 radical (unpaired) electrons. The summed E-state index contributed by atoms with van der Waals surface area (Å²) in [6.45, 7) is 4.28. The first-order chi connectivity index (χ1) is 11.9. The van der Waals surface area contributed by atoms with Crippen molar-refractivity contribution in [1.82, 2.24) is 4.31 Å². The van der Waals surface area contributed by atoms with Gasteiger partial charge in [-0.1, -0.05) is 36.4 Å². The highest BCUT2D eigenvalue weighted by molar-refractivity contribution is 7.89. The van der Waals surface area contributed by atoms with Crippen molar-refractivity contribution in [1.29, 1.82) is 0 Å². The third kappa shape index (κ3) is 3.88. The average Bonchev–Trinajstić information content (AvgIpc) is 3.45. The summed E-state index contributed by atoms with van der Waals surface area (Å²) in [5.74, 6) is 0.834. The van der Waals surface area contributed by atoms with Gasteiger partial charge in [-0.25, -0.2) is 8.42 Å². The first-order valence-electron chi connectivity index (χ1n) is 8.64. The number of sulfonamides is 1. The number of aryl methyl sites for hydroxylation is 1. The highest BCUT2D eigenvalue weighted by atomic mass is 32.2. The standard InChI is InChI=1S/C20H25NO3S/c1-15-9-12-19(24-3)20(13-15)25(22,23)21(16(2)18-10-11-18)14-17-7-5-4-6-8-17/h4-9,12-13,16,18H,10-11,14H2,1-3H3/t16-/m0/s1. The molecule has 5 heteroatoms. The second-order valence-electron chi connectivity index (χ2n) is 6.77. The van der Waals surface area contributed by atoms with Crippen LogP contribution in [-0.4, -0.2) is 25.9 Å². The lowest BCUT2D eigenvalue weighted by molar-refractivity contribution is 0.301. The van der Waals surface area contributed by atoms with E-state index in [-0.39, 0.29) is 10.9 Å². The van der Waals surface area contributed by atoms with Gasteiger partial charge >= 0.3 is 0 Å². The molecule has 0 saturated heterocycles. The van der Waals surface area contributed by atoms with Gasteiger partial charge in [-0.05, 0) is 55.9 Å². The smallest absolute Gasteiger partial charge is 0.247 e. The molecule has 2 aromatic carbocycles. The molecule has 1 aliphatic carbocycles. The first kappa shape index (κ1) is 18.0. The van der Waals surface area contributed by atoms with Crippen LogP contribution in [0.25, 0.3) is 0 Å².